The standard InChI is InChI=1S/C24H26N2/c1-15-6-3-4-8-22(15)26-16(2)24(21-7-5-9-25-23(21)26)19-11-17-10-18(13-19)14-20(24)12-17/h3-9,17-20H,2,10-14H2,1H3. The molecule has 2 nitrogen and oxygen atoms in total. The molecule has 132 valence electrons. The van der Waals surface area contributed by atoms with Gasteiger partial charge in [0.2, 0.25) is 0 Å². The molecule has 0 amide bonds. The zero-order valence-electron chi connectivity index (χ0n) is 15.5. The molecular formula is C24H26N2. The van der Waals surface area contributed by atoms with Crippen LogP contribution in [0.3, 0.4) is 0 Å². The molecule has 0 N–H and O–H groups in total. The van der Waals surface area contributed by atoms with Gasteiger partial charge in [-0.05, 0) is 87.3 Å². The van der Waals surface area contributed by atoms with Gasteiger partial charge in [0.15, 0.2) is 0 Å². The van der Waals surface area contributed by atoms with Crippen molar-refractivity contribution in [3.05, 3.63) is 66.7 Å². The molecule has 4 bridgehead atoms. The molecule has 1 aromatic carbocycles. The molecule has 1 spiro atoms. The van der Waals surface area contributed by atoms with E-state index in [4.69, 9.17) is 11.9 Å². The third kappa shape index (κ3) is 1.71. The van der Waals surface area contributed by atoms with E-state index in [2.05, 4.69) is 48.2 Å². The molecule has 2 aromatic rings. The summed E-state index contributed by atoms with van der Waals surface area (Å²) >= 11 is 0. The summed E-state index contributed by atoms with van der Waals surface area (Å²) in [5.74, 6) is 4.57. The van der Waals surface area contributed by atoms with Gasteiger partial charge in [0.05, 0.1) is 6.04 Å². The highest BCUT2D eigenvalue weighted by Crippen LogP contribution is 2.70. The summed E-state index contributed by atoms with van der Waals surface area (Å²) in [7, 11) is 0. The molecule has 1 aliphatic heterocycles. The number of hydrogen-bond acceptors (Lipinski definition) is 2. The molecule has 4 saturated carbocycles. The Morgan fingerprint density at radius 2 is 1.65 bits per heavy atom. The van der Waals surface area contributed by atoms with Gasteiger partial charge in [-0.3, -0.25) is 0 Å². The van der Waals surface area contributed by atoms with Crippen LogP contribution in [0.2, 0.25) is 0 Å². The van der Waals surface area contributed by atoms with Crippen molar-refractivity contribution in [2.24, 2.45) is 23.7 Å². The predicted molar refractivity (Wildman–Crippen MR) is 105 cm³/mol. The van der Waals surface area contributed by atoms with Gasteiger partial charge in [-0.2, -0.15) is 0 Å². The van der Waals surface area contributed by atoms with E-state index in [0.717, 1.165) is 29.5 Å². The highest BCUT2D eigenvalue weighted by Gasteiger charge is 2.65. The Morgan fingerprint density at radius 1 is 0.962 bits per heavy atom. The zero-order chi connectivity index (χ0) is 17.5. The highest BCUT2D eigenvalue weighted by molar-refractivity contribution is 5.78. The minimum absolute atomic E-state index is 0.124. The molecule has 7 rings (SSSR count). The molecule has 1 aromatic heterocycles. The van der Waals surface area contributed by atoms with Crippen LogP contribution in [-0.2, 0) is 5.41 Å². The van der Waals surface area contributed by atoms with Gasteiger partial charge in [0.25, 0.3) is 0 Å². The Hall–Kier alpha value is -1.83. The van der Waals surface area contributed by atoms with Crippen molar-refractivity contribution >= 4 is 11.5 Å². The maximum atomic E-state index is 4.88. The first-order valence-electron chi connectivity index (χ1n) is 10.2. The molecule has 0 saturated heterocycles. The first kappa shape index (κ1) is 15.2. The van der Waals surface area contributed by atoms with Gasteiger partial charge >= 0.3 is 0 Å². The number of pyridine rings is 1. The number of para-hydroxylation sites is 1. The summed E-state index contributed by atoms with van der Waals surface area (Å²) in [5.41, 5.74) is 4.13. The third-order valence-corrected chi connectivity index (χ3v) is 7.97. The molecule has 26 heavy (non-hydrogen) atoms. The Bertz CT molecular complexity index is 842. The van der Waals surface area contributed by atoms with Crippen molar-refractivity contribution in [1.82, 2.24) is 4.98 Å². The molecular weight excluding hydrogens is 316 g/mol. The summed E-state index contributed by atoms with van der Waals surface area (Å²) in [6.07, 6.45) is 9.00. The quantitative estimate of drug-likeness (QED) is 0.670. The van der Waals surface area contributed by atoms with Crippen LogP contribution >= 0.6 is 0 Å². The lowest BCUT2D eigenvalue weighted by molar-refractivity contribution is -0.0486. The molecule has 4 fully saturated rings. The molecule has 2 radical (unpaired) electrons. The average molecular weight is 342 g/mol. The van der Waals surface area contributed by atoms with E-state index in [9.17, 15) is 0 Å². The number of rotatable bonds is 1. The minimum Gasteiger partial charge on any atom is -0.316 e. The summed E-state index contributed by atoms with van der Waals surface area (Å²) in [5, 5.41) is 0. The maximum absolute atomic E-state index is 4.88. The second kappa shape index (κ2) is 5.12. The number of hydrogen-bond donors (Lipinski definition) is 0. The average Bonchev–Trinajstić information content (AvgIpc) is 2.89. The smallest absolute Gasteiger partial charge is 0.137 e. The van der Waals surface area contributed by atoms with E-state index in [-0.39, 0.29) is 5.41 Å². The van der Waals surface area contributed by atoms with Crippen LogP contribution in [0.15, 0.2) is 42.6 Å². The lowest BCUT2D eigenvalue weighted by Crippen LogP contribution is -2.57. The van der Waals surface area contributed by atoms with Crippen molar-refractivity contribution in [3.8, 4) is 0 Å². The van der Waals surface area contributed by atoms with E-state index in [1.165, 1.54) is 55.0 Å². The molecule has 2 heterocycles. The van der Waals surface area contributed by atoms with Gasteiger partial charge in [0.1, 0.15) is 5.82 Å². The topological polar surface area (TPSA) is 16.1 Å². The van der Waals surface area contributed by atoms with E-state index in [1.807, 2.05) is 6.20 Å². The summed E-state index contributed by atoms with van der Waals surface area (Å²) in [6, 6.07) is 14.5. The van der Waals surface area contributed by atoms with Gasteiger partial charge in [-0.15, -0.1) is 0 Å². The van der Waals surface area contributed by atoms with Crippen LogP contribution < -0.4 is 4.90 Å². The fraction of sp³-hybridized carbons (Fsp3) is 0.458. The first-order valence-corrected chi connectivity index (χ1v) is 10.2. The largest absolute Gasteiger partial charge is 0.316 e. The van der Waals surface area contributed by atoms with Crippen molar-refractivity contribution in [2.75, 3.05) is 4.90 Å². The van der Waals surface area contributed by atoms with Gasteiger partial charge < -0.3 is 4.90 Å². The minimum atomic E-state index is 0.124. The highest BCUT2D eigenvalue weighted by atomic mass is 15.3. The molecule has 0 atom stereocenters. The fourth-order valence-electron chi connectivity index (χ4n) is 7.28. The van der Waals surface area contributed by atoms with Crippen molar-refractivity contribution in [3.63, 3.8) is 0 Å². The summed E-state index contributed by atoms with van der Waals surface area (Å²) in [4.78, 5) is 7.28. The second-order valence-electron chi connectivity index (χ2n) is 9.12. The maximum Gasteiger partial charge on any atom is 0.137 e. The zero-order valence-corrected chi connectivity index (χ0v) is 15.5. The van der Waals surface area contributed by atoms with Crippen molar-refractivity contribution < 1.29 is 0 Å². The van der Waals surface area contributed by atoms with Crippen molar-refractivity contribution in [1.29, 1.82) is 0 Å². The number of aromatic nitrogens is 1. The monoisotopic (exact) mass is 342 g/mol. The van der Waals surface area contributed by atoms with Crippen LogP contribution in [0.1, 0.15) is 43.2 Å². The molecule has 2 heteroatoms. The van der Waals surface area contributed by atoms with Crippen LogP contribution in [0.5, 0.6) is 0 Å². The number of benzene rings is 1. The van der Waals surface area contributed by atoms with Gasteiger partial charge in [-0.1, -0.05) is 24.3 Å². The number of fused-ring (bicyclic) bond motifs is 1. The lowest BCUT2D eigenvalue weighted by Gasteiger charge is -2.61. The van der Waals surface area contributed by atoms with Crippen LogP contribution in [-0.4, -0.2) is 4.98 Å². The van der Waals surface area contributed by atoms with Gasteiger partial charge in [-0.25, -0.2) is 4.98 Å². The Labute approximate surface area is 156 Å². The fourth-order valence-corrected chi connectivity index (χ4v) is 7.28. The van der Waals surface area contributed by atoms with Crippen molar-refractivity contribution in [2.45, 2.75) is 44.4 Å². The van der Waals surface area contributed by atoms with E-state index in [0.29, 0.717) is 0 Å². The number of aryl methyl sites for hydroxylation is 1. The van der Waals surface area contributed by atoms with Crippen LogP contribution in [0.25, 0.3) is 0 Å². The van der Waals surface area contributed by atoms with Gasteiger partial charge in [0, 0.05) is 22.9 Å². The Morgan fingerprint density at radius 3 is 2.35 bits per heavy atom. The summed E-state index contributed by atoms with van der Waals surface area (Å²) < 4.78 is 0. The first-order chi connectivity index (χ1) is 12.7. The lowest BCUT2D eigenvalue weighted by atomic mass is 9.43. The Kier molecular flexibility index (Phi) is 3.00. The molecule has 4 aliphatic carbocycles. The van der Waals surface area contributed by atoms with E-state index in [1.54, 1.807) is 0 Å². The molecule has 5 aliphatic rings. The normalized spacial score (nSPS) is 37.5. The third-order valence-electron chi connectivity index (χ3n) is 7.97. The van der Waals surface area contributed by atoms with E-state index < -0.39 is 0 Å². The second-order valence-corrected chi connectivity index (χ2v) is 9.12. The van der Waals surface area contributed by atoms with Crippen LogP contribution in [0.4, 0.5) is 11.5 Å². The van der Waals surface area contributed by atoms with E-state index >= 15 is 0 Å². The molecule has 0 unspecified atom stereocenters. The van der Waals surface area contributed by atoms with Crippen LogP contribution in [0, 0.1) is 43.6 Å². The SMILES string of the molecule is [CH2][C]1N(c2ccccc2C)c2ncccc2C12C1CC3CC(C1)CC2C3. The number of anilines is 2. The summed E-state index contributed by atoms with van der Waals surface area (Å²) in [6.45, 7) is 6.95. The Balaban J connectivity index is 1.57. The predicted octanol–water partition coefficient (Wildman–Crippen LogP) is 5.60. The number of nitrogens with zero attached hydrogens (tertiary/aromatic N) is 2.